The van der Waals surface area contributed by atoms with Crippen LogP contribution in [0.3, 0.4) is 0 Å². The molecular formula is C11H7ClFNO2. The summed E-state index contributed by atoms with van der Waals surface area (Å²) >= 11 is 6.01. The van der Waals surface area contributed by atoms with Gasteiger partial charge in [0, 0.05) is 23.2 Å². The Bertz CT molecular complexity index is 571. The first-order valence-corrected chi connectivity index (χ1v) is 4.90. The van der Waals surface area contributed by atoms with E-state index in [1.165, 1.54) is 24.4 Å². The molecule has 1 aromatic carbocycles. The monoisotopic (exact) mass is 239 g/mol. The molecule has 1 aromatic heterocycles. The van der Waals surface area contributed by atoms with E-state index in [0.29, 0.717) is 21.5 Å². The van der Waals surface area contributed by atoms with Crippen molar-refractivity contribution in [2.45, 2.75) is 6.42 Å². The summed E-state index contributed by atoms with van der Waals surface area (Å²) in [6.07, 6.45) is 1.16. The van der Waals surface area contributed by atoms with Gasteiger partial charge in [-0.25, -0.2) is 4.39 Å². The van der Waals surface area contributed by atoms with Crippen LogP contribution in [-0.2, 0) is 11.2 Å². The molecular weight excluding hydrogens is 233 g/mol. The first-order chi connectivity index (χ1) is 7.58. The Morgan fingerprint density at radius 2 is 2.25 bits per heavy atom. The summed E-state index contributed by atoms with van der Waals surface area (Å²) in [6, 6.07) is 4.01. The van der Waals surface area contributed by atoms with E-state index in [2.05, 4.69) is 4.98 Å². The minimum atomic E-state index is -0.981. The van der Waals surface area contributed by atoms with Crippen LogP contribution in [0.15, 0.2) is 24.4 Å². The number of carboxylic acids is 1. The van der Waals surface area contributed by atoms with Crippen molar-refractivity contribution in [1.82, 2.24) is 4.98 Å². The van der Waals surface area contributed by atoms with Crippen molar-refractivity contribution < 1.29 is 14.3 Å². The second-order valence-corrected chi connectivity index (χ2v) is 3.71. The van der Waals surface area contributed by atoms with Gasteiger partial charge in [-0.2, -0.15) is 0 Å². The van der Waals surface area contributed by atoms with Crippen LogP contribution < -0.4 is 0 Å². The molecule has 0 spiro atoms. The van der Waals surface area contributed by atoms with Crippen molar-refractivity contribution in [3.63, 3.8) is 0 Å². The number of benzene rings is 1. The van der Waals surface area contributed by atoms with Crippen LogP contribution in [-0.4, -0.2) is 16.1 Å². The van der Waals surface area contributed by atoms with E-state index in [1.807, 2.05) is 0 Å². The van der Waals surface area contributed by atoms with Crippen LogP contribution in [0.1, 0.15) is 5.56 Å². The van der Waals surface area contributed by atoms with Gasteiger partial charge in [0.05, 0.1) is 17.0 Å². The molecule has 2 rings (SSSR count). The molecule has 1 heterocycles. The molecule has 0 atom stereocenters. The third-order valence-corrected chi connectivity index (χ3v) is 2.63. The number of hydrogen-bond acceptors (Lipinski definition) is 2. The van der Waals surface area contributed by atoms with Gasteiger partial charge in [-0.05, 0) is 12.1 Å². The number of hydrogen-bond donors (Lipinski definition) is 1. The standard InChI is InChI=1S/C11H7ClFNO2/c12-11-6(3-10(15)16)5-14-9-4-7(13)1-2-8(9)11/h1-2,4-5H,3H2,(H,15,16). The van der Waals surface area contributed by atoms with Gasteiger partial charge >= 0.3 is 5.97 Å². The largest absolute Gasteiger partial charge is 0.481 e. The molecule has 0 amide bonds. The molecule has 0 unspecified atom stereocenters. The summed E-state index contributed by atoms with van der Waals surface area (Å²) in [4.78, 5) is 14.5. The molecule has 5 heteroatoms. The number of aromatic nitrogens is 1. The van der Waals surface area contributed by atoms with Crippen molar-refractivity contribution in [3.05, 3.63) is 40.8 Å². The summed E-state index contributed by atoms with van der Waals surface area (Å²) in [6.45, 7) is 0. The van der Waals surface area contributed by atoms with Gasteiger partial charge < -0.3 is 5.11 Å². The van der Waals surface area contributed by atoms with E-state index in [4.69, 9.17) is 16.7 Å². The van der Waals surface area contributed by atoms with Crippen molar-refractivity contribution in [2.75, 3.05) is 0 Å². The fraction of sp³-hybridized carbons (Fsp3) is 0.0909. The molecule has 2 aromatic rings. The van der Waals surface area contributed by atoms with Crippen LogP contribution >= 0.6 is 11.6 Å². The maximum absolute atomic E-state index is 12.9. The predicted molar refractivity (Wildman–Crippen MR) is 58.1 cm³/mol. The Morgan fingerprint density at radius 3 is 2.94 bits per heavy atom. The van der Waals surface area contributed by atoms with Gasteiger partial charge in [-0.3, -0.25) is 9.78 Å². The first-order valence-electron chi connectivity index (χ1n) is 4.52. The van der Waals surface area contributed by atoms with Crippen LogP contribution in [0.25, 0.3) is 10.9 Å². The minimum Gasteiger partial charge on any atom is -0.481 e. The molecule has 0 aliphatic heterocycles. The Balaban J connectivity index is 2.60. The molecule has 1 N–H and O–H groups in total. The zero-order valence-electron chi connectivity index (χ0n) is 8.08. The molecule has 0 radical (unpaired) electrons. The summed E-state index contributed by atoms with van der Waals surface area (Å²) < 4.78 is 12.9. The van der Waals surface area contributed by atoms with Gasteiger partial charge in [0.15, 0.2) is 0 Å². The van der Waals surface area contributed by atoms with Gasteiger partial charge in [0.2, 0.25) is 0 Å². The molecule has 82 valence electrons. The average Bonchev–Trinajstić information content (AvgIpc) is 2.22. The highest BCUT2D eigenvalue weighted by Crippen LogP contribution is 2.26. The fourth-order valence-corrected chi connectivity index (χ4v) is 1.74. The van der Waals surface area contributed by atoms with Crippen molar-refractivity contribution in [3.8, 4) is 0 Å². The van der Waals surface area contributed by atoms with E-state index in [9.17, 15) is 9.18 Å². The molecule has 0 aliphatic rings. The zero-order valence-corrected chi connectivity index (χ0v) is 8.83. The quantitative estimate of drug-likeness (QED) is 0.877. The average molecular weight is 240 g/mol. The molecule has 0 bridgehead atoms. The first kappa shape index (κ1) is 10.8. The normalized spacial score (nSPS) is 10.6. The topological polar surface area (TPSA) is 50.2 Å². The summed E-state index contributed by atoms with van der Waals surface area (Å²) in [5.74, 6) is -1.38. The highest BCUT2D eigenvalue weighted by Gasteiger charge is 2.10. The third-order valence-electron chi connectivity index (χ3n) is 2.18. The number of fused-ring (bicyclic) bond motifs is 1. The fourth-order valence-electron chi connectivity index (χ4n) is 1.46. The summed E-state index contributed by atoms with van der Waals surface area (Å²) in [7, 11) is 0. The minimum absolute atomic E-state index is 0.195. The van der Waals surface area contributed by atoms with Gasteiger partial charge in [-0.15, -0.1) is 0 Å². The number of carbonyl (C=O) groups is 1. The Hall–Kier alpha value is -1.68. The highest BCUT2D eigenvalue weighted by atomic mass is 35.5. The highest BCUT2D eigenvalue weighted by molar-refractivity contribution is 6.36. The third kappa shape index (κ3) is 1.97. The number of halogens is 2. The van der Waals surface area contributed by atoms with Crippen molar-refractivity contribution in [2.24, 2.45) is 0 Å². The maximum Gasteiger partial charge on any atom is 0.307 e. The van der Waals surface area contributed by atoms with Gasteiger partial charge in [0.1, 0.15) is 5.82 Å². The van der Waals surface area contributed by atoms with E-state index < -0.39 is 11.8 Å². The van der Waals surface area contributed by atoms with Gasteiger partial charge in [0.25, 0.3) is 0 Å². The second kappa shape index (κ2) is 4.06. The molecule has 0 saturated heterocycles. The lowest BCUT2D eigenvalue weighted by Gasteiger charge is -2.04. The molecule has 16 heavy (non-hydrogen) atoms. The van der Waals surface area contributed by atoms with Crippen LogP contribution in [0.5, 0.6) is 0 Å². The second-order valence-electron chi connectivity index (χ2n) is 3.33. The number of nitrogens with zero attached hydrogens (tertiary/aromatic N) is 1. The summed E-state index contributed by atoms with van der Waals surface area (Å²) in [5, 5.41) is 9.53. The Morgan fingerprint density at radius 1 is 1.50 bits per heavy atom. The number of pyridine rings is 1. The van der Waals surface area contributed by atoms with Crippen LogP contribution in [0.4, 0.5) is 4.39 Å². The SMILES string of the molecule is O=C(O)Cc1cnc2cc(F)ccc2c1Cl. The van der Waals surface area contributed by atoms with Crippen molar-refractivity contribution in [1.29, 1.82) is 0 Å². The number of carboxylic acid groups (broad SMARTS) is 1. The summed E-state index contributed by atoms with van der Waals surface area (Å²) in [5.41, 5.74) is 0.840. The van der Waals surface area contributed by atoms with E-state index in [1.54, 1.807) is 0 Å². The van der Waals surface area contributed by atoms with Gasteiger partial charge in [-0.1, -0.05) is 11.6 Å². The Labute approximate surface area is 95.5 Å². The smallest absolute Gasteiger partial charge is 0.307 e. The number of rotatable bonds is 2. The van der Waals surface area contributed by atoms with Crippen LogP contribution in [0.2, 0.25) is 5.02 Å². The predicted octanol–water partition coefficient (Wildman–Crippen LogP) is 2.65. The molecule has 0 saturated carbocycles. The van der Waals surface area contributed by atoms with Crippen molar-refractivity contribution >= 4 is 28.5 Å². The lowest BCUT2D eigenvalue weighted by Crippen LogP contribution is -2.01. The lowest BCUT2D eigenvalue weighted by molar-refractivity contribution is -0.136. The van der Waals surface area contributed by atoms with E-state index in [-0.39, 0.29) is 6.42 Å². The van der Waals surface area contributed by atoms with Crippen LogP contribution in [0, 0.1) is 5.82 Å². The lowest BCUT2D eigenvalue weighted by atomic mass is 10.1. The maximum atomic E-state index is 12.9. The Kier molecular flexibility index (Phi) is 2.75. The van der Waals surface area contributed by atoms with E-state index in [0.717, 1.165) is 0 Å². The molecule has 0 fully saturated rings. The zero-order chi connectivity index (χ0) is 11.7. The molecule has 3 nitrogen and oxygen atoms in total. The number of aliphatic carboxylic acids is 1. The van der Waals surface area contributed by atoms with E-state index >= 15 is 0 Å². The molecule has 0 aliphatic carbocycles.